The van der Waals surface area contributed by atoms with E-state index < -0.39 is 28.4 Å². The minimum absolute atomic E-state index is 0.00793. The normalized spacial score (nSPS) is 11.1. The van der Waals surface area contributed by atoms with Gasteiger partial charge in [-0.25, -0.2) is 18.1 Å². The number of nitrogens with zero attached hydrogens (tertiary/aromatic N) is 3. The van der Waals surface area contributed by atoms with Crippen molar-refractivity contribution >= 4 is 27.6 Å². The highest BCUT2D eigenvalue weighted by Crippen LogP contribution is 2.21. The topological polar surface area (TPSA) is 143 Å². The van der Waals surface area contributed by atoms with Crippen molar-refractivity contribution in [2.45, 2.75) is 11.8 Å². The van der Waals surface area contributed by atoms with Crippen LogP contribution >= 0.6 is 0 Å². The number of sulfonamides is 1. The molecule has 0 atom stereocenters. The number of amides is 1. The van der Waals surface area contributed by atoms with Crippen molar-refractivity contribution in [2.75, 3.05) is 11.3 Å². The van der Waals surface area contributed by atoms with Gasteiger partial charge in [-0.05, 0) is 43.3 Å². The molecule has 150 valence electrons. The lowest BCUT2D eigenvalue weighted by Gasteiger charge is -2.09. The third kappa shape index (κ3) is 4.58. The highest BCUT2D eigenvalue weighted by Gasteiger charge is 2.22. The lowest BCUT2D eigenvalue weighted by molar-refractivity contribution is -0.135. The number of rotatable bonds is 7. The number of carboxylic acids is 1. The van der Waals surface area contributed by atoms with Crippen LogP contribution in [0.2, 0.25) is 0 Å². The van der Waals surface area contributed by atoms with Crippen LogP contribution < -0.4 is 10.0 Å². The van der Waals surface area contributed by atoms with Crippen LogP contribution in [-0.2, 0) is 14.8 Å². The Morgan fingerprint density at radius 3 is 2.48 bits per heavy atom. The van der Waals surface area contributed by atoms with Crippen LogP contribution in [0.15, 0.2) is 59.8 Å². The summed E-state index contributed by atoms with van der Waals surface area (Å²) < 4.78 is 29.3. The maximum Gasteiger partial charge on any atom is 0.322 e. The van der Waals surface area contributed by atoms with Crippen molar-refractivity contribution in [3.8, 4) is 5.82 Å². The number of carboxylic acid groups (broad SMARTS) is 1. The Morgan fingerprint density at radius 1 is 1.14 bits per heavy atom. The summed E-state index contributed by atoms with van der Waals surface area (Å²) in [6.45, 7) is 1.11. The SMILES string of the molecule is Cc1c(S(=O)(=O)Nc2ccc(C(=O)NCC(=O)O)cc2)cnn1-c1ccccn1. The number of aliphatic carboxylic acids is 1. The number of benzene rings is 1. The molecule has 3 aromatic rings. The summed E-state index contributed by atoms with van der Waals surface area (Å²) in [5, 5.41) is 14.9. The van der Waals surface area contributed by atoms with Crippen molar-refractivity contribution in [3.63, 3.8) is 0 Å². The van der Waals surface area contributed by atoms with Crippen molar-refractivity contribution in [1.29, 1.82) is 0 Å². The van der Waals surface area contributed by atoms with Crippen LogP contribution in [0.25, 0.3) is 5.82 Å². The minimum Gasteiger partial charge on any atom is -0.480 e. The molecule has 1 aromatic carbocycles. The maximum atomic E-state index is 12.7. The van der Waals surface area contributed by atoms with E-state index in [4.69, 9.17) is 5.11 Å². The lowest BCUT2D eigenvalue weighted by atomic mass is 10.2. The molecule has 0 spiro atoms. The third-order valence-corrected chi connectivity index (χ3v) is 5.40. The average molecular weight is 415 g/mol. The fourth-order valence-corrected chi connectivity index (χ4v) is 3.74. The predicted octanol–water partition coefficient (Wildman–Crippen LogP) is 1.19. The first kappa shape index (κ1) is 20.0. The highest BCUT2D eigenvalue weighted by atomic mass is 32.2. The molecule has 0 radical (unpaired) electrons. The molecule has 11 heteroatoms. The van der Waals surface area contributed by atoms with Gasteiger partial charge in [0.25, 0.3) is 15.9 Å². The number of pyridine rings is 1. The fourth-order valence-electron chi connectivity index (χ4n) is 2.53. The van der Waals surface area contributed by atoms with Gasteiger partial charge in [-0.1, -0.05) is 6.07 Å². The molecule has 2 aromatic heterocycles. The second-order valence-corrected chi connectivity index (χ2v) is 7.60. The summed E-state index contributed by atoms with van der Waals surface area (Å²) in [5.74, 6) is -1.25. The summed E-state index contributed by atoms with van der Waals surface area (Å²) in [6, 6.07) is 10.8. The highest BCUT2D eigenvalue weighted by molar-refractivity contribution is 7.92. The molecule has 0 aliphatic carbocycles. The molecule has 0 unspecified atom stereocenters. The predicted molar refractivity (Wildman–Crippen MR) is 103 cm³/mol. The largest absolute Gasteiger partial charge is 0.480 e. The standard InChI is InChI=1S/C18H17N5O5S/c1-12-15(10-21-23(12)16-4-2-3-9-19-16)29(27,28)22-14-7-5-13(6-8-14)18(26)20-11-17(24)25/h2-10,22H,11H2,1H3,(H,20,26)(H,24,25). The van der Waals surface area contributed by atoms with Crippen LogP contribution in [0.4, 0.5) is 5.69 Å². The number of nitrogens with one attached hydrogen (secondary N) is 2. The first-order chi connectivity index (χ1) is 13.8. The van der Waals surface area contributed by atoms with E-state index in [1.54, 1.807) is 31.3 Å². The zero-order valence-electron chi connectivity index (χ0n) is 15.2. The molecule has 10 nitrogen and oxygen atoms in total. The van der Waals surface area contributed by atoms with E-state index in [1.807, 2.05) is 0 Å². The van der Waals surface area contributed by atoms with Gasteiger partial charge in [0.1, 0.15) is 11.4 Å². The van der Waals surface area contributed by atoms with Crippen LogP contribution in [-0.4, -0.2) is 46.7 Å². The average Bonchev–Trinajstić information content (AvgIpc) is 3.09. The van der Waals surface area contributed by atoms with Gasteiger partial charge in [0, 0.05) is 17.4 Å². The first-order valence-electron chi connectivity index (χ1n) is 8.37. The zero-order valence-corrected chi connectivity index (χ0v) is 16.0. The number of hydrogen-bond donors (Lipinski definition) is 3. The summed E-state index contributed by atoms with van der Waals surface area (Å²) in [7, 11) is -3.93. The Hall–Kier alpha value is -3.73. The van der Waals surface area contributed by atoms with Crippen molar-refractivity contribution in [3.05, 3.63) is 66.1 Å². The molecule has 2 heterocycles. The Bertz CT molecular complexity index is 1140. The molecular weight excluding hydrogens is 398 g/mol. The Balaban J connectivity index is 1.77. The van der Waals surface area contributed by atoms with Crippen LogP contribution in [0.1, 0.15) is 16.1 Å². The number of anilines is 1. The van der Waals surface area contributed by atoms with Crippen LogP contribution in [0.5, 0.6) is 0 Å². The zero-order chi connectivity index (χ0) is 21.0. The van der Waals surface area contributed by atoms with E-state index in [-0.39, 0.29) is 16.1 Å². The molecule has 0 aliphatic heterocycles. The maximum absolute atomic E-state index is 12.7. The number of hydrogen-bond acceptors (Lipinski definition) is 6. The quantitative estimate of drug-likeness (QED) is 0.526. The molecule has 29 heavy (non-hydrogen) atoms. The molecule has 0 bridgehead atoms. The van der Waals surface area contributed by atoms with E-state index in [0.717, 1.165) is 0 Å². The van der Waals surface area contributed by atoms with Gasteiger partial charge in [-0.15, -0.1) is 0 Å². The van der Waals surface area contributed by atoms with E-state index in [1.165, 1.54) is 35.1 Å². The molecular formula is C18H17N5O5S. The summed E-state index contributed by atoms with van der Waals surface area (Å²) in [6.07, 6.45) is 2.82. The first-order valence-corrected chi connectivity index (χ1v) is 9.85. The van der Waals surface area contributed by atoms with Gasteiger partial charge in [-0.3, -0.25) is 14.3 Å². The van der Waals surface area contributed by atoms with Gasteiger partial charge in [0.15, 0.2) is 5.82 Å². The number of aromatic nitrogens is 3. The molecule has 1 amide bonds. The van der Waals surface area contributed by atoms with E-state index in [9.17, 15) is 18.0 Å². The lowest BCUT2D eigenvalue weighted by Crippen LogP contribution is -2.29. The molecule has 0 saturated heterocycles. The van der Waals surface area contributed by atoms with Crippen molar-refractivity contribution in [1.82, 2.24) is 20.1 Å². The van der Waals surface area contributed by atoms with E-state index in [0.29, 0.717) is 11.5 Å². The van der Waals surface area contributed by atoms with Gasteiger partial charge in [0.2, 0.25) is 0 Å². The molecule has 0 aliphatic rings. The van der Waals surface area contributed by atoms with Gasteiger partial charge >= 0.3 is 5.97 Å². The smallest absolute Gasteiger partial charge is 0.322 e. The summed E-state index contributed by atoms with van der Waals surface area (Å²) >= 11 is 0. The van der Waals surface area contributed by atoms with Crippen molar-refractivity contribution < 1.29 is 23.1 Å². The second-order valence-electron chi connectivity index (χ2n) is 5.95. The monoisotopic (exact) mass is 415 g/mol. The minimum atomic E-state index is -3.93. The van der Waals surface area contributed by atoms with Crippen molar-refractivity contribution in [2.24, 2.45) is 0 Å². The molecule has 3 rings (SSSR count). The fraction of sp³-hybridized carbons (Fsp3) is 0.111. The Kier molecular flexibility index (Phi) is 5.59. The molecule has 0 fully saturated rings. The van der Waals surface area contributed by atoms with Crippen LogP contribution in [0.3, 0.4) is 0 Å². The number of carbonyl (C=O) groups excluding carboxylic acids is 1. The van der Waals surface area contributed by atoms with Gasteiger partial charge in [-0.2, -0.15) is 5.10 Å². The van der Waals surface area contributed by atoms with Gasteiger partial charge in [0.05, 0.1) is 11.9 Å². The Labute approximate surface area is 166 Å². The number of carbonyl (C=O) groups is 2. The van der Waals surface area contributed by atoms with Gasteiger partial charge < -0.3 is 10.4 Å². The molecule has 0 saturated carbocycles. The summed E-state index contributed by atoms with van der Waals surface area (Å²) in [4.78, 5) is 26.5. The van der Waals surface area contributed by atoms with Crippen LogP contribution in [0, 0.1) is 6.92 Å². The summed E-state index contributed by atoms with van der Waals surface area (Å²) in [5.41, 5.74) is 0.832. The Morgan fingerprint density at radius 2 is 1.86 bits per heavy atom. The van der Waals surface area contributed by atoms with E-state index >= 15 is 0 Å². The molecule has 3 N–H and O–H groups in total. The van der Waals surface area contributed by atoms with E-state index in [2.05, 4.69) is 20.1 Å². The third-order valence-electron chi connectivity index (χ3n) is 3.92. The second kappa shape index (κ2) is 8.10.